The van der Waals surface area contributed by atoms with Crippen LogP contribution in [0.3, 0.4) is 0 Å². The van der Waals surface area contributed by atoms with Crippen LogP contribution in [0, 0.1) is 0 Å². The van der Waals surface area contributed by atoms with Crippen LogP contribution in [0.1, 0.15) is 28.8 Å². The second-order valence-electron chi connectivity index (χ2n) is 12.8. The molecule has 0 aliphatic heterocycles. The molecule has 0 radical (unpaired) electrons. The van der Waals surface area contributed by atoms with Gasteiger partial charge in [-0.3, -0.25) is 4.57 Å². The van der Waals surface area contributed by atoms with Gasteiger partial charge in [0.05, 0.1) is 56.5 Å². The molecular formula is C51H31N5O. The molecule has 12 rings (SSSR count). The lowest BCUT2D eigenvalue weighted by Gasteiger charge is -2.14. The van der Waals surface area contributed by atoms with Crippen molar-refractivity contribution in [3.05, 3.63) is 188 Å². The molecule has 6 nitrogen and oxygen atoms in total. The predicted molar refractivity (Wildman–Crippen MR) is 232 cm³/mol. The van der Waals surface area contributed by atoms with Crippen molar-refractivity contribution in [2.24, 2.45) is 0 Å². The minimum Gasteiger partial charge on any atom is -0.454 e. The number of benzene rings is 8. The molecule has 4 aromatic heterocycles. The second-order valence-corrected chi connectivity index (χ2v) is 12.8. The highest BCUT2D eigenvalue weighted by molar-refractivity contribution is 6.24. The Morgan fingerprint density at radius 2 is 0.965 bits per heavy atom. The maximum absolute atomic E-state index is 10.0. The van der Waals surface area contributed by atoms with E-state index in [1.807, 2.05) is 0 Å². The summed E-state index contributed by atoms with van der Waals surface area (Å²) < 4.78 is 195. The molecule has 0 saturated carbocycles. The molecule has 57 heavy (non-hydrogen) atoms. The summed E-state index contributed by atoms with van der Waals surface area (Å²) in [5.74, 6) is -1.45. The molecule has 0 aliphatic carbocycles. The Labute approximate surface area is 356 Å². The molecule has 0 saturated heterocycles. The van der Waals surface area contributed by atoms with E-state index in [9.17, 15) is 4.11 Å². The van der Waals surface area contributed by atoms with Gasteiger partial charge in [0.2, 0.25) is 5.95 Å². The zero-order valence-electron chi connectivity index (χ0n) is 49.9. The van der Waals surface area contributed by atoms with E-state index in [2.05, 4.69) is 4.98 Å². The summed E-state index contributed by atoms with van der Waals surface area (Å²) in [7, 11) is 0. The number of furan rings is 1. The largest absolute Gasteiger partial charge is 0.454 e. The molecule has 4 heterocycles. The van der Waals surface area contributed by atoms with Gasteiger partial charge in [-0.15, -0.1) is 0 Å². The van der Waals surface area contributed by atoms with Gasteiger partial charge in [-0.2, -0.15) is 9.97 Å². The fourth-order valence-corrected chi connectivity index (χ4v) is 7.54. The van der Waals surface area contributed by atoms with Gasteiger partial charge in [0, 0.05) is 43.4 Å². The second kappa shape index (κ2) is 12.3. The van der Waals surface area contributed by atoms with E-state index in [4.69, 9.17) is 39.1 Å². The van der Waals surface area contributed by atoms with Crippen LogP contribution < -0.4 is 0 Å². The van der Waals surface area contributed by atoms with Crippen molar-refractivity contribution in [3.8, 4) is 45.5 Å². The first kappa shape index (κ1) is 17.3. The fraction of sp³-hybridized carbons (Fsp3) is 0. The Morgan fingerprint density at radius 1 is 0.439 bits per heavy atom. The van der Waals surface area contributed by atoms with Crippen LogP contribution >= 0.6 is 0 Å². The monoisotopic (exact) mass is 750 g/mol. The minimum absolute atomic E-state index is 0.226. The summed E-state index contributed by atoms with van der Waals surface area (Å²) in [6.07, 6.45) is 0. The number of fused-ring (bicyclic) bond motifs is 10. The summed E-state index contributed by atoms with van der Waals surface area (Å²) in [5, 5.41) is 1.46. The smallest absolute Gasteiger partial charge is 0.238 e. The van der Waals surface area contributed by atoms with Crippen molar-refractivity contribution in [3.63, 3.8) is 0 Å². The lowest BCUT2D eigenvalue weighted by molar-refractivity contribution is 0.666. The fourth-order valence-electron chi connectivity index (χ4n) is 7.54. The van der Waals surface area contributed by atoms with Gasteiger partial charge in [0.25, 0.3) is 0 Å². The van der Waals surface area contributed by atoms with E-state index in [1.165, 1.54) is 4.57 Å². The van der Waals surface area contributed by atoms with E-state index in [1.54, 1.807) is 65.2 Å². The van der Waals surface area contributed by atoms with Crippen molar-refractivity contribution in [2.45, 2.75) is 0 Å². The van der Waals surface area contributed by atoms with Crippen LogP contribution in [0.4, 0.5) is 0 Å². The molecular weight excluding hydrogens is 699 g/mol. The first-order valence-electron chi connectivity index (χ1n) is 27.9. The predicted octanol–water partition coefficient (Wildman–Crippen LogP) is 13.0. The van der Waals surface area contributed by atoms with Crippen LogP contribution in [-0.4, -0.2) is 24.1 Å². The Balaban J connectivity index is 1.32. The summed E-state index contributed by atoms with van der Waals surface area (Å²) in [5.41, 5.74) is -1.82. The minimum atomic E-state index is -0.774. The van der Waals surface area contributed by atoms with Gasteiger partial charge in [-0.1, -0.05) is 163 Å². The number of rotatable bonds is 5. The van der Waals surface area contributed by atoms with E-state index in [-0.39, 0.29) is 39.0 Å². The van der Waals surface area contributed by atoms with E-state index in [0.717, 1.165) is 0 Å². The summed E-state index contributed by atoms with van der Waals surface area (Å²) >= 11 is 0. The van der Waals surface area contributed by atoms with Gasteiger partial charge in [-0.25, -0.2) is 4.98 Å². The molecule has 6 heteroatoms. The van der Waals surface area contributed by atoms with Gasteiger partial charge in [0.1, 0.15) is 5.58 Å². The quantitative estimate of drug-likeness (QED) is 0.176. The molecule has 0 bridgehead atoms. The number of hydrogen-bond acceptors (Lipinski definition) is 4. The van der Waals surface area contributed by atoms with Crippen molar-refractivity contribution >= 4 is 65.6 Å². The average molecular weight is 751 g/mol. The van der Waals surface area contributed by atoms with E-state index in [0.29, 0.717) is 32.6 Å². The molecule has 0 fully saturated rings. The van der Waals surface area contributed by atoms with Crippen molar-refractivity contribution in [2.75, 3.05) is 0 Å². The van der Waals surface area contributed by atoms with Crippen LogP contribution in [-0.2, 0) is 0 Å². The van der Waals surface area contributed by atoms with E-state index < -0.39 is 166 Å². The van der Waals surface area contributed by atoms with Gasteiger partial charge < -0.3 is 8.98 Å². The molecule has 0 unspecified atom stereocenters. The number of para-hydroxylation sites is 3. The molecule has 0 amide bonds. The number of aromatic nitrogens is 5. The molecule has 8 aromatic carbocycles. The molecule has 12 aromatic rings. The van der Waals surface area contributed by atoms with Crippen molar-refractivity contribution in [1.82, 2.24) is 24.1 Å². The standard InChI is InChI=1S/C51H31N5O/c1-4-16-32(17-5-1)35-30-31-43(48-45(35)40-24-12-15-27-44(40)57-48)55-41-25-13-10-22-36(41)38-28-29-39-37-23-11-14-26-42(37)56(47(39)46(38)55)51-53-49(33-18-6-2-7-19-33)52-50(54-51)34-20-8-3-9-21-34/h1-31H/i1D,2D,3D,4D,5D,6D,7D,8D,9D,12D,15D,16D,17D,18D,19D,20D,21D,24D,27D,30D,31D. The SMILES string of the molecule is [2H]c1c([2H])c([2H])c(-c2nc(-c3c([2H])c([2H])c([2H])c([2H])c3[2H])nc(-n3c4ccccc4c4ccc5c6ccccc6n(-c6c([2H])c([2H])c(-c7c([2H])c([2H])c([2H])c([2H])c7[2H])c7c6oc6c([2H])c([2H])c([2H])c([2H])c67)c5c43)n2)c([2H])c1[2H]. The summed E-state index contributed by atoms with van der Waals surface area (Å²) in [6, 6.07) is 2.16. The Hall–Kier alpha value is -7.83. The Morgan fingerprint density at radius 3 is 1.60 bits per heavy atom. The van der Waals surface area contributed by atoms with Crippen LogP contribution in [0.15, 0.2) is 192 Å². The first-order valence-corrected chi connectivity index (χ1v) is 17.4. The third-order valence-electron chi connectivity index (χ3n) is 9.82. The molecule has 0 aliphatic rings. The number of hydrogen-bond donors (Lipinski definition) is 0. The third kappa shape index (κ3) is 4.74. The third-order valence-corrected chi connectivity index (χ3v) is 9.82. The average Bonchev–Trinajstić information content (AvgIpc) is 3.44. The van der Waals surface area contributed by atoms with Crippen LogP contribution in [0.2, 0.25) is 0 Å². The van der Waals surface area contributed by atoms with Gasteiger partial charge in [-0.05, 0) is 35.3 Å². The maximum atomic E-state index is 10.0. The Bertz CT molecular complexity index is 4600. The Kier molecular flexibility index (Phi) is 3.75. The summed E-state index contributed by atoms with van der Waals surface area (Å²) in [4.78, 5) is 14.1. The van der Waals surface area contributed by atoms with Crippen LogP contribution in [0.25, 0.3) is 111 Å². The normalized spacial score (nSPS) is 17.0. The topological polar surface area (TPSA) is 61.7 Å². The maximum Gasteiger partial charge on any atom is 0.238 e. The number of nitrogens with zero attached hydrogens (tertiary/aromatic N) is 5. The molecule has 0 N–H and O–H groups in total. The van der Waals surface area contributed by atoms with Crippen molar-refractivity contribution < 1.29 is 33.2 Å². The zero-order valence-corrected chi connectivity index (χ0v) is 28.9. The lowest BCUT2D eigenvalue weighted by Crippen LogP contribution is -2.07. The molecule has 0 spiro atoms. The highest BCUT2D eigenvalue weighted by Gasteiger charge is 2.25. The van der Waals surface area contributed by atoms with Gasteiger partial charge in [0.15, 0.2) is 17.2 Å². The van der Waals surface area contributed by atoms with Crippen molar-refractivity contribution in [1.29, 1.82) is 0 Å². The highest BCUT2D eigenvalue weighted by Crippen LogP contribution is 2.45. The first-order chi connectivity index (χ1) is 37.0. The lowest BCUT2D eigenvalue weighted by atomic mass is 9.98. The zero-order chi connectivity index (χ0) is 55.7. The molecule has 0 atom stereocenters. The van der Waals surface area contributed by atoms with Gasteiger partial charge >= 0.3 is 0 Å². The van der Waals surface area contributed by atoms with E-state index >= 15 is 0 Å². The molecule has 266 valence electrons. The highest BCUT2D eigenvalue weighted by atomic mass is 16.3. The van der Waals surface area contributed by atoms with Crippen LogP contribution in [0.5, 0.6) is 0 Å². The summed E-state index contributed by atoms with van der Waals surface area (Å²) in [6.45, 7) is 0.